The molecule has 0 spiro atoms. The summed E-state index contributed by atoms with van der Waals surface area (Å²) < 4.78 is 39.6. The van der Waals surface area contributed by atoms with Crippen LogP contribution in [0.5, 0.6) is 0 Å². The molecule has 0 bridgehead atoms. The lowest BCUT2D eigenvalue weighted by Gasteiger charge is -2.18. The van der Waals surface area contributed by atoms with Gasteiger partial charge in [0.15, 0.2) is 0 Å². The molecule has 0 aliphatic rings. The Hall–Kier alpha value is -0.550. The number of rotatable bonds is 5. The summed E-state index contributed by atoms with van der Waals surface area (Å²) in [6, 6.07) is 2.80. The van der Waals surface area contributed by atoms with Gasteiger partial charge >= 0.3 is 0 Å². The highest BCUT2D eigenvalue weighted by Gasteiger charge is 2.24. The molecule has 0 heterocycles. The van der Waals surface area contributed by atoms with Crippen molar-refractivity contribution in [3.05, 3.63) is 34.1 Å². The first-order valence-electron chi connectivity index (χ1n) is 5.02. The number of nitrogens with one attached hydrogen (secondary N) is 1. The van der Waals surface area contributed by atoms with Crippen LogP contribution in [-0.2, 0) is 0 Å². The molecule has 0 amide bonds. The Bertz CT molecular complexity index is 344. The van der Waals surface area contributed by atoms with Crippen molar-refractivity contribution >= 4 is 15.9 Å². The second-order valence-corrected chi connectivity index (χ2v) is 4.35. The fourth-order valence-corrected chi connectivity index (χ4v) is 1.77. The molecular weight excluding hydrogens is 283 g/mol. The predicted octanol–water partition coefficient (Wildman–Crippen LogP) is 3.89. The predicted molar refractivity (Wildman–Crippen MR) is 61.1 cm³/mol. The molecule has 0 aliphatic heterocycles. The number of hydrogen-bond acceptors (Lipinski definition) is 1. The van der Waals surface area contributed by atoms with Gasteiger partial charge in [0.2, 0.25) is 0 Å². The van der Waals surface area contributed by atoms with Gasteiger partial charge in [-0.15, -0.1) is 0 Å². The summed E-state index contributed by atoms with van der Waals surface area (Å²) in [6.45, 7) is 2.30. The van der Waals surface area contributed by atoms with Crippen molar-refractivity contribution in [2.75, 3.05) is 6.54 Å². The number of alkyl halides is 2. The molecule has 0 saturated carbocycles. The van der Waals surface area contributed by atoms with Crippen LogP contribution < -0.4 is 5.32 Å². The minimum atomic E-state index is -2.63. The zero-order valence-electron chi connectivity index (χ0n) is 8.81. The summed E-state index contributed by atoms with van der Waals surface area (Å²) in [4.78, 5) is 0. The van der Waals surface area contributed by atoms with Crippen molar-refractivity contribution in [3.8, 4) is 0 Å². The maximum atomic E-state index is 13.4. The first-order valence-corrected chi connectivity index (χ1v) is 5.82. The van der Waals surface area contributed by atoms with E-state index in [9.17, 15) is 13.2 Å². The number of hydrogen-bond donors (Lipinski definition) is 1. The molecule has 1 N–H and O–H groups in total. The largest absolute Gasteiger partial charge is 0.305 e. The average Bonchev–Trinajstić information content (AvgIpc) is 2.23. The van der Waals surface area contributed by atoms with E-state index in [0.717, 1.165) is 6.42 Å². The van der Waals surface area contributed by atoms with E-state index in [2.05, 4.69) is 21.2 Å². The van der Waals surface area contributed by atoms with Crippen molar-refractivity contribution in [3.63, 3.8) is 0 Å². The quantitative estimate of drug-likeness (QED) is 0.869. The van der Waals surface area contributed by atoms with Crippen molar-refractivity contribution in [1.29, 1.82) is 0 Å². The maximum Gasteiger partial charge on any atom is 0.257 e. The van der Waals surface area contributed by atoms with Gasteiger partial charge in [-0.1, -0.05) is 22.9 Å². The molecule has 16 heavy (non-hydrogen) atoms. The summed E-state index contributed by atoms with van der Waals surface area (Å²) in [5.41, 5.74) is -0.00201. The van der Waals surface area contributed by atoms with Gasteiger partial charge in [0.1, 0.15) is 5.82 Å². The minimum Gasteiger partial charge on any atom is -0.305 e. The van der Waals surface area contributed by atoms with Gasteiger partial charge in [0, 0.05) is 10.0 Å². The first-order chi connectivity index (χ1) is 7.56. The fraction of sp³-hybridized carbons (Fsp3) is 0.455. The normalized spacial score (nSPS) is 13.1. The summed E-state index contributed by atoms with van der Waals surface area (Å²) >= 11 is 3.14. The molecule has 0 fully saturated rings. The maximum absolute atomic E-state index is 13.4. The molecule has 1 atom stereocenters. The summed E-state index contributed by atoms with van der Waals surface area (Å²) in [5.74, 6) is -0.614. The lowest BCUT2D eigenvalue weighted by Crippen LogP contribution is -2.28. The lowest BCUT2D eigenvalue weighted by molar-refractivity contribution is 0.0967. The van der Waals surface area contributed by atoms with E-state index in [4.69, 9.17) is 0 Å². The SMILES string of the molecule is CCCNC(c1cc(Br)ccc1F)C(F)F. The Morgan fingerprint density at radius 3 is 2.62 bits per heavy atom. The molecule has 0 aliphatic carbocycles. The third kappa shape index (κ3) is 3.49. The number of halogens is 4. The van der Waals surface area contributed by atoms with E-state index in [1.54, 1.807) is 0 Å². The Morgan fingerprint density at radius 2 is 2.06 bits per heavy atom. The molecule has 0 saturated heterocycles. The van der Waals surface area contributed by atoms with Crippen molar-refractivity contribution < 1.29 is 13.2 Å². The lowest BCUT2D eigenvalue weighted by atomic mass is 10.1. The van der Waals surface area contributed by atoms with E-state index in [1.165, 1.54) is 18.2 Å². The summed E-state index contributed by atoms with van der Waals surface area (Å²) in [6.07, 6.45) is -1.91. The molecule has 1 unspecified atom stereocenters. The fourth-order valence-electron chi connectivity index (χ4n) is 1.39. The van der Waals surface area contributed by atoms with Crippen LogP contribution in [0.2, 0.25) is 0 Å². The molecule has 1 nitrogen and oxygen atoms in total. The van der Waals surface area contributed by atoms with Crippen LogP contribution in [0.1, 0.15) is 24.9 Å². The van der Waals surface area contributed by atoms with Crippen LogP contribution >= 0.6 is 15.9 Å². The Kier molecular flexibility index (Phi) is 5.28. The molecule has 1 rings (SSSR count). The third-order valence-electron chi connectivity index (χ3n) is 2.16. The smallest absolute Gasteiger partial charge is 0.257 e. The molecule has 1 aromatic rings. The first kappa shape index (κ1) is 13.5. The Morgan fingerprint density at radius 1 is 1.38 bits per heavy atom. The van der Waals surface area contributed by atoms with E-state index < -0.39 is 18.3 Å². The van der Waals surface area contributed by atoms with Gasteiger partial charge in [0.25, 0.3) is 6.43 Å². The van der Waals surface area contributed by atoms with Crippen LogP contribution in [0.4, 0.5) is 13.2 Å². The highest BCUT2D eigenvalue weighted by Crippen LogP contribution is 2.26. The van der Waals surface area contributed by atoms with Gasteiger partial charge in [-0.05, 0) is 31.2 Å². The molecular formula is C11H13BrF3N. The topological polar surface area (TPSA) is 12.0 Å². The van der Waals surface area contributed by atoms with Crippen LogP contribution in [-0.4, -0.2) is 13.0 Å². The van der Waals surface area contributed by atoms with Crippen molar-refractivity contribution in [2.24, 2.45) is 0 Å². The van der Waals surface area contributed by atoms with Gasteiger partial charge in [-0.2, -0.15) is 0 Å². The monoisotopic (exact) mass is 295 g/mol. The standard InChI is InChI=1S/C11H13BrF3N/c1-2-5-16-10(11(14)15)8-6-7(12)3-4-9(8)13/h3-4,6,10-11,16H,2,5H2,1H3. The van der Waals surface area contributed by atoms with Crippen molar-refractivity contribution in [1.82, 2.24) is 5.32 Å². The third-order valence-corrected chi connectivity index (χ3v) is 2.65. The Labute approximate surface area is 101 Å². The second kappa shape index (κ2) is 6.25. The highest BCUT2D eigenvalue weighted by atomic mass is 79.9. The second-order valence-electron chi connectivity index (χ2n) is 3.43. The zero-order chi connectivity index (χ0) is 12.1. The molecule has 0 radical (unpaired) electrons. The molecule has 90 valence electrons. The minimum absolute atomic E-state index is 0.00201. The van der Waals surface area contributed by atoms with Crippen molar-refractivity contribution in [2.45, 2.75) is 25.8 Å². The molecule has 0 aromatic heterocycles. The summed E-state index contributed by atoms with van der Waals surface area (Å²) in [7, 11) is 0. The van der Waals surface area contributed by atoms with E-state index in [-0.39, 0.29) is 5.56 Å². The van der Waals surface area contributed by atoms with E-state index >= 15 is 0 Å². The van der Waals surface area contributed by atoms with Crippen LogP contribution in [0.25, 0.3) is 0 Å². The van der Waals surface area contributed by atoms with E-state index in [0.29, 0.717) is 11.0 Å². The molecule has 5 heteroatoms. The summed E-state index contributed by atoms with van der Waals surface area (Å²) in [5, 5.41) is 2.64. The van der Waals surface area contributed by atoms with E-state index in [1.807, 2.05) is 6.92 Å². The van der Waals surface area contributed by atoms with Gasteiger partial charge in [-0.25, -0.2) is 13.2 Å². The zero-order valence-corrected chi connectivity index (χ0v) is 10.4. The van der Waals surface area contributed by atoms with Gasteiger partial charge in [0.05, 0.1) is 6.04 Å². The van der Waals surface area contributed by atoms with Gasteiger partial charge < -0.3 is 5.32 Å². The molecule has 1 aromatic carbocycles. The van der Waals surface area contributed by atoms with Gasteiger partial charge in [-0.3, -0.25) is 0 Å². The van der Waals surface area contributed by atoms with Crippen LogP contribution in [0, 0.1) is 5.82 Å². The highest BCUT2D eigenvalue weighted by molar-refractivity contribution is 9.10. The van der Waals surface area contributed by atoms with Crippen LogP contribution in [0.3, 0.4) is 0 Å². The van der Waals surface area contributed by atoms with Crippen LogP contribution in [0.15, 0.2) is 22.7 Å². The Balaban J connectivity index is 2.95. The average molecular weight is 296 g/mol. The number of benzene rings is 1.